The van der Waals surface area contributed by atoms with Crippen LogP contribution in [0.4, 0.5) is 0 Å². The normalized spacial score (nSPS) is 11.9. The van der Waals surface area contributed by atoms with Crippen molar-refractivity contribution < 1.29 is 0 Å². The lowest BCUT2D eigenvalue weighted by Crippen LogP contribution is -1.92. The zero-order chi connectivity index (χ0) is 17.8. The first kappa shape index (κ1) is 17.3. The highest BCUT2D eigenvalue weighted by Crippen LogP contribution is 2.36. The number of aryl methyl sites for hydroxylation is 1. The third-order valence-electron chi connectivity index (χ3n) is 5.81. The van der Waals surface area contributed by atoms with Crippen LogP contribution in [0.2, 0.25) is 0 Å². The van der Waals surface area contributed by atoms with Crippen LogP contribution in [0.3, 0.4) is 0 Å². The first-order valence-electron chi connectivity index (χ1n) is 10.5. The largest absolute Gasteiger partial charge is 0.0654 e. The van der Waals surface area contributed by atoms with Crippen molar-refractivity contribution in [3.8, 4) is 0 Å². The van der Waals surface area contributed by atoms with Crippen LogP contribution in [0.15, 0.2) is 48.5 Å². The Balaban J connectivity index is 1.52. The monoisotopic (exact) mass is 341 g/mol. The van der Waals surface area contributed by atoms with Crippen molar-refractivity contribution in [3.63, 3.8) is 0 Å². The molecule has 26 heavy (non-hydrogen) atoms. The number of rotatable bonds is 9. The van der Waals surface area contributed by atoms with Crippen LogP contribution < -0.4 is 0 Å². The summed E-state index contributed by atoms with van der Waals surface area (Å²) in [5, 5.41) is 8.25. The molecule has 0 spiro atoms. The molecule has 0 saturated heterocycles. The number of hydrogen-bond acceptors (Lipinski definition) is 0. The zero-order valence-electron chi connectivity index (χ0n) is 16.0. The molecule has 0 aliphatic rings. The lowest BCUT2D eigenvalue weighted by Gasteiger charge is -2.14. The van der Waals surface area contributed by atoms with Gasteiger partial charge in [0.1, 0.15) is 0 Å². The van der Waals surface area contributed by atoms with Crippen molar-refractivity contribution in [1.82, 2.24) is 0 Å². The van der Waals surface area contributed by atoms with Gasteiger partial charge < -0.3 is 0 Å². The minimum atomic E-state index is 1.20. The summed E-state index contributed by atoms with van der Waals surface area (Å²) in [6.07, 6.45) is 12.2. The molecule has 0 aliphatic carbocycles. The molecule has 0 heterocycles. The standard InChI is InChI=1S/C26H29/c1-2-3-4-5-6-7-8-9-12-22-19-23-15-10-13-20-17-18-21-14-11-16-24(22)26(21)25(20)23/h10-11,14-19H,2-9,12H2,1H3. The Morgan fingerprint density at radius 1 is 0.731 bits per heavy atom. The second-order valence-electron chi connectivity index (χ2n) is 7.72. The molecule has 4 aromatic carbocycles. The van der Waals surface area contributed by atoms with Gasteiger partial charge in [0, 0.05) is 0 Å². The maximum atomic E-state index is 3.41. The Bertz CT molecular complexity index is 979. The molecule has 0 aromatic heterocycles. The second kappa shape index (κ2) is 8.08. The summed E-state index contributed by atoms with van der Waals surface area (Å²) in [6.45, 7) is 2.29. The van der Waals surface area contributed by atoms with E-state index in [9.17, 15) is 0 Å². The Labute approximate surface area is 157 Å². The highest BCUT2D eigenvalue weighted by molar-refractivity contribution is 6.23. The Morgan fingerprint density at radius 2 is 1.54 bits per heavy atom. The van der Waals surface area contributed by atoms with Gasteiger partial charge >= 0.3 is 0 Å². The van der Waals surface area contributed by atoms with Crippen molar-refractivity contribution in [2.24, 2.45) is 0 Å². The topological polar surface area (TPSA) is 0 Å². The van der Waals surface area contributed by atoms with Gasteiger partial charge in [0.2, 0.25) is 0 Å². The quantitative estimate of drug-likeness (QED) is 0.213. The minimum absolute atomic E-state index is 1.20. The van der Waals surface area contributed by atoms with E-state index in [1.165, 1.54) is 95.7 Å². The van der Waals surface area contributed by atoms with Crippen molar-refractivity contribution >= 4 is 32.3 Å². The van der Waals surface area contributed by atoms with Gasteiger partial charge in [0.15, 0.2) is 0 Å². The Morgan fingerprint density at radius 3 is 2.38 bits per heavy atom. The highest BCUT2D eigenvalue weighted by Gasteiger charge is 2.11. The summed E-state index contributed by atoms with van der Waals surface area (Å²) in [5.74, 6) is 0. The fourth-order valence-electron chi connectivity index (χ4n) is 4.41. The first-order valence-corrected chi connectivity index (χ1v) is 10.5. The fraction of sp³-hybridized carbons (Fsp3) is 0.385. The summed E-state index contributed by atoms with van der Waals surface area (Å²) in [5.41, 5.74) is 1.52. The van der Waals surface area contributed by atoms with Crippen LogP contribution >= 0.6 is 0 Å². The fourth-order valence-corrected chi connectivity index (χ4v) is 4.41. The molecular weight excluding hydrogens is 312 g/mol. The molecule has 0 N–H and O–H groups in total. The van der Waals surface area contributed by atoms with E-state index in [0.29, 0.717) is 0 Å². The van der Waals surface area contributed by atoms with Crippen LogP contribution in [0.25, 0.3) is 32.3 Å². The summed E-state index contributed by atoms with van der Waals surface area (Å²) in [4.78, 5) is 0. The van der Waals surface area contributed by atoms with E-state index in [0.717, 1.165) is 0 Å². The van der Waals surface area contributed by atoms with Crippen LogP contribution in [0, 0.1) is 6.07 Å². The predicted octanol–water partition coefficient (Wildman–Crippen LogP) is 8.07. The van der Waals surface area contributed by atoms with Gasteiger partial charge in [-0.1, -0.05) is 100 Å². The zero-order valence-corrected chi connectivity index (χ0v) is 16.0. The van der Waals surface area contributed by atoms with E-state index < -0.39 is 0 Å². The molecule has 4 aromatic rings. The van der Waals surface area contributed by atoms with Gasteiger partial charge in [-0.25, -0.2) is 0 Å². The van der Waals surface area contributed by atoms with Gasteiger partial charge in [-0.15, -0.1) is 0 Å². The molecule has 0 nitrogen and oxygen atoms in total. The number of unbranched alkanes of at least 4 members (excludes halogenated alkanes) is 7. The third-order valence-corrected chi connectivity index (χ3v) is 5.81. The predicted molar refractivity (Wildman–Crippen MR) is 115 cm³/mol. The molecule has 0 fully saturated rings. The summed E-state index contributed by atoms with van der Waals surface area (Å²) in [7, 11) is 0. The molecule has 0 saturated carbocycles. The third kappa shape index (κ3) is 3.43. The lowest BCUT2D eigenvalue weighted by molar-refractivity contribution is 0.576. The molecule has 1 radical (unpaired) electrons. The van der Waals surface area contributed by atoms with E-state index in [1.54, 1.807) is 0 Å². The maximum Gasteiger partial charge on any atom is -0.00204 e. The molecule has 133 valence electrons. The van der Waals surface area contributed by atoms with Gasteiger partial charge in [-0.05, 0) is 56.8 Å². The minimum Gasteiger partial charge on any atom is -0.0654 e. The van der Waals surface area contributed by atoms with Crippen molar-refractivity contribution in [3.05, 3.63) is 60.2 Å². The number of benzene rings is 4. The Kier molecular flexibility index (Phi) is 5.39. The smallest absolute Gasteiger partial charge is 0.00204 e. The second-order valence-corrected chi connectivity index (χ2v) is 7.72. The van der Waals surface area contributed by atoms with Crippen LogP contribution in [-0.4, -0.2) is 0 Å². The summed E-state index contributed by atoms with van der Waals surface area (Å²) < 4.78 is 0. The molecule has 0 heteroatoms. The van der Waals surface area contributed by atoms with Gasteiger partial charge in [-0.2, -0.15) is 0 Å². The molecular formula is C26H29. The van der Waals surface area contributed by atoms with E-state index in [4.69, 9.17) is 0 Å². The van der Waals surface area contributed by atoms with E-state index in [2.05, 4.69) is 61.5 Å². The highest BCUT2D eigenvalue weighted by atomic mass is 14.1. The molecule has 0 aliphatic heterocycles. The average Bonchev–Trinajstić information content (AvgIpc) is 2.68. The van der Waals surface area contributed by atoms with Gasteiger partial charge in [0.25, 0.3) is 0 Å². The summed E-state index contributed by atoms with van der Waals surface area (Å²) in [6, 6.07) is 21.4. The van der Waals surface area contributed by atoms with E-state index in [-0.39, 0.29) is 0 Å². The van der Waals surface area contributed by atoms with Gasteiger partial charge in [-0.3, -0.25) is 0 Å². The maximum absolute atomic E-state index is 3.41. The lowest BCUT2D eigenvalue weighted by atomic mass is 9.89. The van der Waals surface area contributed by atoms with E-state index in [1.807, 2.05) is 0 Å². The molecule has 0 unspecified atom stereocenters. The van der Waals surface area contributed by atoms with Crippen molar-refractivity contribution in [2.75, 3.05) is 0 Å². The van der Waals surface area contributed by atoms with E-state index >= 15 is 0 Å². The SMILES string of the molecule is CCCCCCCCCCc1cc2cc[c]c3ccc4cccc1c4c32. The average molecular weight is 342 g/mol. The molecule has 4 rings (SSSR count). The van der Waals surface area contributed by atoms with Crippen LogP contribution in [0.1, 0.15) is 63.9 Å². The van der Waals surface area contributed by atoms with Gasteiger partial charge in [0.05, 0.1) is 0 Å². The molecule has 0 amide bonds. The van der Waals surface area contributed by atoms with Crippen molar-refractivity contribution in [1.29, 1.82) is 0 Å². The van der Waals surface area contributed by atoms with Crippen LogP contribution in [0.5, 0.6) is 0 Å². The Hall–Kier alpha value is -2.08. The number of hydrogen-bond donors (Lipinski definition) is 0. The summed E-state index contributed by atoms with van der Waals surface area (Å²) >= 11 is 0. The first-order chi connectivity index (χ1) is 12.9. The molecule has 0 bridgehead atoms. The van der Waals surface area contributed by atoms with Crippen LogP contribution in [-0.2, 0) is 6.42 Å². The molecule has 0 atom stereocenters. The van der Waals surface area contributed by atoms with Crippen molar-refractivity contribution in [2.45, 2.75) is 64.7 Å².